The van der Waals surface area contributed by atoms with Gasteiger partial charge in [-0.25, -0.2) is 4.79 Å². The number of hydrogen-bond donors (Lipinski definition) is 2. The number of nitrogens with one attached hydrogen (secondary N) is 2. The molecule has 5 nitrogen and oxygen atoms in total. The minimum Gasteiger partial charge on any atom is -0.338 e. The number of aryl methyl sites for hydroxylation is 3. The van der Waals surface area contributed by atoms with Crippen molar-refractivity contribution in [2.45, 2.75) is 40.7 Å². The van der Waals surface area contributed by atoms with Crippen LogP contribution in [0.5, 0.6) is 0 Å². The van der Waals surface area contributed by atoms with Crippen LogP contribution in [0.3, 0.4) is 0 Å². The van der Waals surface area contributed by atoms with Gasteiger partial charge in [0, 0.05) is 24.5 Å². The number of carbonyl (C=O) groups excluding carboxylic acids is 1. The van der Waals surface area contributed by atoms with Crippen LogP contribution in [0.2, 0.25) is 0 Å². The van der Waals surface area contributed by atoms with Crippen LogP contribution in [-0.2, 0) is 13.0 Å². The number of anilines is 1. The Bertz CT molecular complexity index is 661. The van der Waals surface area contributed by atoms with Gasteiger partial charge in [-0.1, -0.05) is 12.1 Å². The normalized spacial score (nSPS) is 10.5. The number of aromatic nitrogens is 2. The second-order valence-electron chi connectivity index (χ2n) is 5.47. The molecule has 0 aliphatic heterocycles. The van der Waals surface area contributed by atoms with E-state index in [-0.39, 0.29) is 6.03 Å². The summed E-state index contributed by atoms with van der Waals surface area (Å²) in [6, 6.07) is 7.58. The zero-order chi connectivity index (χ0) is 16.1. The van der Waals surface area contributed by atoms with Crippen molar-refractivity contribution in [1.29, 1.82) is 0 Å². The summed E-state index contributed by atoms with van der Waals surface area (Å²) in [5.41, 5.74) is 5.37. The highest BCUT2D eigenvalue weighted by atomic mass is 16.2. The lowest BCUT2D eigenvalue weighted by molar-refractivity contribution is 0.252. The maximum absolute atomic E-state index is 11.9. The number of amides is 2. The van der Waals surface area contributed by atoms with Crippen molar-refractivity contribution in [2.75, 3.05) is 11.9 Å². The average molecular weight is 300 g/mol. The quantitative estimate of drug-likeness (QED) is 0.891. The molecule has 5 heteroatoms. The number of carbonyl (C=O) groups is 1. The first-order valence-electron chi connectivity index (χ1n) is 7.65. The Balaban J connectivity index is 1.86. The number of rotatable bonds is 5. The molecule has 118 valence electrons. The van der Waals surface area contributed by atoms with Crippen LogP contribution in [0.15, 0.2) is 24.3 Å². The summed E-state index contributed by atoms with van der Waals surface area (Å²) in [5, 5.41) is 10.2. The molecule has 0 aliphatic carbocycles. The minimum atomic E-state index is -0.177. The molecule has 2 rings (SSSR count). The standard InChI is InChI=1S/C17H24N4O/c1-5-21-14(4)16(13(3)20-21)9-10-18-17(22)19-15-8-6-7-12(2)11-15/h6-8,11H,5,9-10H2,1-4H3,(H2,18,19,22). The van der Waals surface area contributed by atoms with E-state index in [0.29, 0.717) is 6.54 Å². The molecule has 2 aromatic rings. The fraction of sp³-hybridized carbons (Fsp3) is 0.412. The van der Waals surface area contributed by atoms with Gasteiger partial charge in [0.2, 0.25) is 0 Å². The zero-order valence-corrected chi connectivity index (χ0v) is 13.7. The van der Waals surface area contributed by atoms with Gasteiger partial charge in [-0.3, -0.25) is 4.68 Å². The predicted octanol–water partition coefficient (Wildman–Crippen LogP) is 3.19. The molecule has 0 unspecified atom stereocenters. The van der Waals surface area contributed by atoms with E-state index >= 15 is 0 Å². The van der Waals surface area contributed by atoms with Gasteiger partial charge >= 0.3 is 6.03 Å². The summed E-state index contributed by atoms with van der Waals surface area (Å²) in [6.45, 7) is 9.63. The number of benzene rings is 1. The molecule has 0 atom stereocenters. The van der Waals surface area contributed by atoms with Crippen molar-refractivity contribution in [1.82, 2.24) is 15.1 Å². The third kappa shape index (κ3) is 3.87. The molecule has 1 aromatic carbocycles. The lowest BCUT2D eigenvalue weighted by atomic mass is 10.1. The lowest BCUT2D eigenvalue weighted by Crippen LogP contribution is -2.30. The predicted molar refractivity (Wildman–Crippen MR) is 89.3 cm³/mol. The van der Waals surface area contributed by atoms with Gasteiger partial charge in [0.15, 0.2) is 0 Å². The van der Waals surface area contributed by atoms with Crippen LogP contribution in [0.4, 0.5) is 10.5 Å². The molecule has 0 fully saturated rings. The van der Waals surface area contributed by atoms with E-state index in [1.54, 1.807) is 0 Å². The maximum atomic E-state index is 11.9. The second kappa shape index (κ2) is 7.11. The third-order valence-electron chi connectivity index (χ3n) is 3.77. The molecule has 0 radical (unpaired) electrons. The Morgan fingerprint density at radius 2 is 2.05 bits per heavy atom. The summed E-state index contributed by atoms with van der Waals surface area (Å²) >= 11 is 0. The Morgan fingerprint density at radius 1 is 1.27 bits per heavy atom. The Morgan fingerprint density at radius 3 is 2.68 bits per heavy atom. The van der Waals surface area contributed by atoms with Crippen LogP contribution in [0.25, 0.3) is 0 Å². The van der Waals surface area contributed by atoms with E-state index in [0.717, 1.165) is 29.9 Å². The Hall–Kier alpha value is -2.30. The third-order valence-corrected chi connectivity index (χ3v) is 3.77. The van der Waals surface area contributed by atoms with Crippen molar-refractivity contribution in [3.05, 3.63) is 46.8 Å². The molecule has 2 N–H and O–H groups in total. The maximum Gasteiger partial charge on any atom is 0.319 e. The van der Waals surface area contributed by atoms with Crippen molar-refractivity contribution < 1.29 is 4.79 Å². The van der Waals surface area contributed by atoms with E-state index < -0.39 is 0 Å². The van der Waals surface area contributed by atoms with Gasteiger partial charge in [0.05, 0.1) is 5.69 Å². The molecule has 0 saturated carbocycles. The highest BCUT2D eigenvalue weighted by Gasteiger charge is 2.10. The Labute approximate surface area is 131 Å². The van der Waals surface area contributed by atoms with Gasteiger partial charge in [-0.05, 0) is 57.4 Å². The first kappa shape index (κ1) is 16.1. The SMILES string of the molecule is CCn1nc(C)c(CCNC(=O)Nc2cccc(C)c2)c1C. The summed E-state index contributed by atoms with van der Waals surface area (Å²) < 4.78 is 2.00. The van der Waals surface area contributed by atoms with Crippen molar-refractivity contribution in [3.63, 3.8) is 0 Å². The van der Waals surface area contributed by atoms with Crippen LogP contribution < -0.4 is 10.6 Å². The van der Waals surface area contributed by atoms with Crippen LogP contribution >= 0.6 is 0 Å². The topological polar surface area (TPSA) is 59.0 Å². The number of urea groups is 1. The fourth-order valence-corrected chi connectivity index (χ4v) is 2.60. The van der Waals surface area contributed by atoms with Gasteiger partial charge in [0.1, 0.15) is 0 Å². The van der Waals surface area contributed by atoms with E-state index in [1.165, 1.54) is 11.3 Å². The highest BCUT2D eigenvalue weighted by molar-refractivity contribution is 5.89. The second-order valence-corrected chi connectivity index (χ2v) is 5.47. The minimum absolute atomic E-state index is 0.177. The molecular weight excluding hydrogens is 276 g/mol. The molecule has 1 heterocycles. The van der Waals surface area contributed by atoms with Crippen molar-refractivity contribution in [2.24, 2.45) is 0 Å². The molecule has 2 amide bonds. The molecule has 1 aromatic heterocycles. The number of hydrogen-bond acceptors (Lipinski definition) is 2. The number of nitrogens with zero attached hydrogens (tertiary/aromatic N) is 2. The van der Waals surface area contributed by atoms with E-state index in [1.807, 2.05) is 42.8 Å². The molecule has 0 bridgehead atoms. The highest BCUT2D eigenvalue weighted by Crippen LogP contribution is 2.13. The Kier molecular flexibility index (Phi) is 5.20. The van der Waals surface area contributed by atoms with Crippen molar-refractivity contribution in [3.8, 4) is 0 Å². The van der Waals surface area contributed by atoms with E-state index in [2.05, 4.69) is 29.6 Å². The smallest absolute Gasteiger partial charge is 0.319 e. The monoisotopic (exact) mass is 300 g/mol. The average Bonchev–Trinajstić information content (AvgIpc) is 2.74. The van der Waals surface area contributed by atoms with Crippen LogP contribution in [0, 0.1) is 20.8 Å². The summed E-state index contributed by atoms with van der Waals surface area (Å²) in [6.07, 6.45) is 0.791. The van der Waals surface area contributed by atoms with Gasteiger partial charge in [-0.15, -0.1) is 0 Å². The van der Waals surface area contributed by atoms with Gasteiger partial charge < -0.3 is 10.6 Å². The zero-order valence-electron chi connectivity index (χ0n) is 13.7. The molecule has 22 heavy (non-hydrogen) atoms. The van der Waals surface area contributed by atoms with Crippen LogP contribution in [0.1, 0.15) is 29.4 Å². The van der Waals surface area contributed by atoms with Crippen LogP contribution in [-0.4, -0.2) is 22.4 Å². The first-order valence-corrected chi connectivity index (χ1v) is 7.65. The first-order chi connectivity index (χ1) is 10.5. The molecule has 0 spiro atoms. The van der Waals surface area contributed by atoms with E-state index in [9.17, 15) is 4.79 Å². The fourth-order valence-electron chi connectivity index (χ4n) is 2.60. The van der Waals surface area contributed by atoms with Gasteiger partial charge in [0.25, 0.3) is 0 Å². The summed E-state index contributed by atoms with van der Waals surface area (Å²) in [7, 11) is 0. The molecular formula is C17H24N4O. The lowest BCUT2D eigenvalue weighted by Gasteiger charge is -2.08. The molecule has 0 saturated heterocycles. The van der Waals surface area contributed by atoms with Gasteiger partial charge in [-0.2, -0.15) is 5.10 Å². The van der Waals surface area contributed by atoms with Crippen molar-refractivity contribution >= 4 is 11.7 Å². The van der Waals surface area contributed by atoms with E-state index in [4.69, 9.17) is 0 Å². The summed E-state index contributed by atoms with van der Waals surface area (Å²) in [4.78, 5) is 11.9. The molecule has 0 aliphatic rings. The largest absolute Gasteiger partial charge is 0.338 e. The summed E-state index contributed by atoms with van der Waals surface area (Å²) in [5.74, 6) is 0.